The highest BCUT2D eigenvalue weighted by Gasteiger charge is 2.24. The van der Waals surface area contributed by atoms with Gasteiger partial charge in [-0.25, -0.2) is 0 Å². The van der Waals surface area contributed by atoms with Crippen LogP contribution in [0.4, 0.5) is 0 Å². The largest absolute Gasteiger partial charge is 0.497 e. The highest BCUT2D eigenvalue weighted by atomic mass is 32.2. The number of fused-ring (bicyclic) bond motifs is 1. The molecular formula is C18H16O4S. The third-order valence-corrected chi connectivity index (χ3v) is 4.44. The molecule has 2 aromatic rings. The Kier molecular flexibility index (Phi) is 4.57. The van der Waals surface area contributed by atoms with Crippen LogP contribution in [0.5, 0.6) is 17.2 Å². The van der Waals surface area contributed by atoms with Crippen LogP contribution < -0.4 is 14.2 Å². The molecule has 4 nitrogen and oxygen atoms in total. The van der Waals surface area contributed by atoms with Crippen LogP contribution in [0.15, 0.2) is 47.4 Å². The van der Waals surface area contributed by atoms with Crippen LogP contribution in [0, 0.1) is 0 Å². The van der Waals surface area contributed by atoms with Crippen LogP contribution in [-0.4, -0.2) is 25.9 Å². The van der Waals surface area contributed by atoms with Gasteiger partial charge in [-0.15, -0.1) is 0 Å². The second-order valence-corrected chi connectivity index (χ2v) is 5.78. The molecule has 0 saturated heterocycles. The standard InChI is InChI=1S/C18H16O4S/c1-20-13-6-3-12(4-7-13)5-8-14(19)17-15(21-2)9-10-16-18(17)23-11-22-16/h3-10H,11H2,1-2H3. The van der Waals surface area contributed by atoms with Crippen molar-refractivity contribution in [1.29, 1.82) is 0 Å². The molecule has 23 heavy (non-hydrogen) atoms. The number of carbonyl (C=O) groups is 1. The summed E-state index contributed by atoms with van der Waals surface area (Å²) in [5, 5.41) is 0. The first-order valence-electron chi connectivity index (χ1n) is 7.06. The Labute approximate surface area is 139 Å². The quantitative estimate of drug-likeness (QED) is 0.612. The van der Waals surface area contributed by atoms with Crippen LogP contribution >= 0.6 is 11.8 Å². The first kappa shape index (κ1) is 15.5. The highest BCUT2D eigenvalue weighted by Crippen LogP contribution is 2.43. The molecule has 5 heteroatoms. The van der Waals surface area contributed by atoms with E-state index in [9.17, 15) is 4.79 Å². The van der Waals surface area contributed by atoms with Gasteiger partial charge in [-0.3, -0.25) is 4.79 Å². The number of hydrogen-bond acceptors (Lipinski definition) is 5. The molecule has 1 aliphatic rings. The summed E-state index contributed by atoms with van der Waals surface area (Å²) in [6.45, 7) is 0. The molecule has 0 spiro atoms. The number of methoxy groups -OCH3 is 2. The Balaban J connectivity index is 1.88. The van der Waals surface area contributed by atoms with Crippen molar-refractivity contribution in [2.24, 2.45) is 0 Å². The molecule has 2 aromatic carbocycles. The molecule has 0 saturated carbocycles. The van der Waals surface area contributed by atoms with E-state index in [0.717, 1.165) is 22.0 Å². The molecule has 0 aliphatic carbocycles. The van der Waals surface area contributed by atoms with Gasteiger partial charge in [0.05, 0.1) is 24.7 Å². The van der Waals surface area contributed by atoms with Crippen molar-refractivity contribution in [2.45, 2.75) is 4.90 Å². The first-order valence-corrected chi connectivity index (χ1v) is 8.04. The molecule has 0 aromatic heterocycles. The number of allylic oxidation sites excluding steroid dienone is 1. The van der Waals surface area contributed by atoms with Gasteiger partial charge in [-0.1, -0.05) is 30.0 Å². The van der Waals surface area contributed by atoms with Crippen LogP contribution in [0.1, 0.15) is 15.9 Å². The normalized spacial score (nSPS) is 12.8. The molecule has 118 valence electrons. The second-order valence-electron chi connectivity index (χ2n) is 4.85. The van der Waals surface area contributed by atoms with Crippen molar-refractivity contribution in [1.82, 2.24) is 0 Å². The smallest absolute Gasteiger partial charge is 0.190 e. The summed E-state index contributed by atoms with van der Waals surface area (Å²) < 4.78 is 15.9. The van der Waals surface area contributed by atoms with Gasteiger partial charge >= 0.3 is 0 Å². The maximum Gasteiger partial charge on any atom is 0.190 e. The van der Waals surface area contributed by atoms with E-state index < -0.39 is 0 Å². The van der Waals surface area contributed by atoms with Gasteiger partial charge in [0, 0.05) is 0 Å². The number of carbonyl (C=O) groups excluding carboxylic acids is 1. The van der Waals surface area contributed by atoms with Crippen LogP contribution in [-0.2, 0) is 0 Å². The first-order chi connectivity index (χ1) is 11.2. The topological polar surface area (TPSA) is 44.8 Å². The Morgan fingerprint density at radius 3 is 2.61 bits per heavy atom. The molecular weight excluding hydrogens is 312 g/mol. The van der Waals surface area contributed by atoms with E-state index in [4.69, 9.17) is 14.2 Å². The lowest BCUT2D eigenvalue weighted by Crippen LogP contribution is -2.01. The van der Waals surface area contributed by atoms with Crippen LogP contribution in [0.3, 0.4) is 0 Å². The zero-order valence-electron chi connectivity index (χ0n) is 12.9. The Hall–Kier alpha value is -2.40. The molecule has 0 fully saturated rings. The summed E-state index contributed by atoms with van der Waals surface area (Å²) in [5.74, 6) is 2.49. The van der Waals surface area contributed by atoms with Gasteiger partial charge in [-0.2, -0.15) is 0 Å². The Bertz CT molecular complexity index is 750. The van der Waals surface area contributed by atoms with Crippen molar-refractivity contribution in [3.05, 3.63) is 53.6 Å². The highest BCUT2D eigenvalue weighted by molar-refractivity contribution is 7.99. The molecule has 0 bridgehead atoms. The number of hydrogen-bond donors (Lipinski definition) is 0. The SMILES string of the molecule is COc1ccc(C=CC(=O)c2c(OC)ccc3c2SCO3)cc1. The van der Waals surface area contributed by atoms with Crippen molar-refractivity contribution >= 4 is 23.6 Å². The van der Waals surface area contributed by atoms with Gasteiger partial charge in [-0.05, 0) is 35.9 Å². The summed E-state index contributed by atoms with van der Waals surface area (Å²) >= 11 is 1.51. The minimum Gasteiger partial charge on any atom is -0.497 e. The van der Waals surface area contributed by atoms with Crippen molar-refractivity contribution in [3.8, 4) is 17.2 Å². The van der Waals surface area contributed by atoms with Gasteiger partial charge in [0.2, 0.25) is 0 Å². The monoisotopic (exact) mass is 328 g/mol. The summed E-state index contributed by atoms with van der Waals surface area (Å²) in [6, 6.07) is 11.1. The number of ketones is 1. The van der Waals surface area contributed by atoms with Gasteiger partial charge in [0.25, 0.3) is 0 Å². The molecule has 0 N–H and O–H groups in total. The Morgan fingerprint density at radius 2 is 1.91 bits per heavy atom. The minimum absolute atomic E-state index is 0.104. The molecule has 1 aliphatic heterocycles. The summed E-state index contributed by atoms with van der Waals surface area (Å²) in [7, 11) is 3.18. The van der Waals surface area contributed by atoms with Crippen molar-refractivity contribution < 1.29 is 19.0 Å². The predicted molar refractivity (Wildman–Crippen MR) is 90.7 cm³/mol. The van der Waals surface area contributed by atoms with E-state index >= 15 is 0 Å². The fourth-order valence-electron chi connectivity index (χ4n) is 2.33. The molecule has 0 amide bonds. The molecule has 1 heterocycles. The number of rotatable bonds is 5. The fourth-order valence-corrected chi connectivity index (χ4v) is 3.25. The van der Waals surface area contributed by atoms with E-state index in [1.54, 1.807) is 32.4 Å². The van der Waals surface area contributed by atoms with E-state index in [-0.39, 0.29) is 5.78 Å². The van der Waals surface area contributed by atoms with Crippen molar-refractivity contribution in [3.63, 3.8) is 0 Å². The van der Waals surface area contributed by atoms with E-state index in [2.05, 4.69) is 0 Å². The maximum atomic E-state index is 12.6. The van der Waals surface area contributed by atoms with Gasteiger partial charge in [0.15, 0.2) is 5.78 Å². The van der Waals surface area contributed by atoms with E-state index in [0.29, 0.717) is 17.3 Å². The maximum absolute atomic E-state index is 12.6. The van der Waals surface area contributed by atoms with E-state index in [1.165, 1.54) is 11.8 Å². The lowest BCUT2D eigenvalue weighted by Gasteiger charge is -2.09. The molecule has 3 rings (SSSR count). The zero-order valence-corrected chi connectivity index (χ0v) is 13.7. The Morgan fingerprint density at radius 1 is 1.13 bits per heavy atom. The number of thioether (sulfide) groups is 1. The third-order valence-electron chi connectivity index (χ3n) is 3.51. The lowest BCUT2D eigenvalue weighted by molar-refractivity contribution is 0.104. The lowest BCUT2D eigenvalue weighted by atomic mass is 10.1. The summed E-state index contributed by atoms with van der Waals surface area (Å²) in [6.07, 6.45) is 3.33. The zero-order chi connectivity index (χ0) is 16.2. The molecule has 0 unspecified atom stereocenters. The van der Waals surface area contributed by atoms with Gasteiger partial charge < -0.3 is 14.2 Å². The average molecular weight is 328 g/mol. The minimum atomic E-state index is -0.104. The number of ether oxygens (including phenoxy) is 3. The second kappa shape index (κ2) is 6.79. The van der Waals surface area contributed by atoms with Crippen molar-refractivity contribution in [2.75, 3.05) is 20.2 Å². The van der Waals surface area contributed by atoms with Crippen LogP contribution in [0.2, 0.25) is 0 Å². The average Bonchev–Trinajstić information content (AvgIpc) is 3.07. The third kappa shape index (κ3) is 3.19. The number of benzene rings is 2. The predicted octanol–water partition coefficient (Wildman–Crippen LogP) is 4.04. The summed E-state index contributed by atoms with van der Waals surface area (Å²) in [4.78, 5) is 13.5. The van der Waals surface area contributed by atoms with Crippen LogP contribution in [0.25, 0.3) is 6.08 Å². The molecule has 0 radical (unpaired) electrons. The van der Waals surface area contributed by atoms with E-state index in [1.807, 2.05) is 30.3 Å². The summed E-state index contributed by atoms with van der Waals surface area (Å²) in [5.41, 5.74) is 1.48. The van der Waals surface area contributed by atoms with Gasteiger partial charge in [0.1, 0.15) is 23.2 Å². The molecule has 0 atom stereocenters. The fraction of sp³-hybridized carbons (Fsp3) is 0.167.